The van der Waals surface area contributed by atoms with Crippen molar-refractivity contribution < 1.29 is 0 Å². The molecule has 0 bridgehead atoms. The van der Waals surface area contributed by atoms with E-state index < -0.39 is 0 Å². The molecule has 0 saturated carbocycles. The molecule has 6 heteroatoms. The van der Waals surface area contributed by atoms with Crippen LogP contribution in [0.4, 0.5) is 17.2 Å². The first-order valence-corrected chi connectivity index (χ1v) is 9.65. The van der Waals surface area contributed by atoms with Crippen LogP contribution in [0.2, 0.25) is 0 Å². The van der Waals surface area contributed by atoms with Crippen molar-refractivity contribution in [1.29, 1.82) is 0 Å². The van der Waals surface area contributed by atoms with Crippen LogP contribution in [0.1, 0.15) is 12.5 Å². The Bertz CT molecular complexity index is 867. The normalized spacial score (nSPS) is 15.7. The first kappa shape index (κ1) is 16.3. The third kappa shape index (κ3) is 3.32. The van der Waals surface area contributed by atoms with Gasteiger partial charge in [-0.2, -0.15) is 0 Å². The highest BCUT2D eigenvalue weighted by molar-refractivity contribution is 7.16. The number of aryl methyl sites for hydroxylation is 1. The van der Waals surface area contributed by atoms with Crippen molar-refractivity contribution in [3.63, 3.8) is 0 Å². The smallest absolute Gasteiger partial charge is 0.142 e. The van der Waals surface area contributed by atoms with Gasteiger partial charge < -0.3 is 15.1 Å². The van der Waals surface area contributed by atoms with Crippen molar-refractivity contribution in [3.05, 3.63) is 41.5 Å². The van der Waals surface area contributed by atoms with Crippen molar-refractivity contribution in [2.45, 2.75) is 13.8 Å². The van der Waals surface area contributed by atoms with Gasteiger partial charge in [-0.1, -0.05) is 6.92 Å². The van der Waals surface area contributed by atoms with Gasteiger partial charge in [0.05, 0.1) is 5.39 Å². The number of hydrogen-bond donors (Lipinski definition) is 1. The second kappa shape index (κ2) is 6.98. The van der Waals surface area contributed by atoms with E-state index in [1.807, 2.05) is 0 Å². The summed E-state index contributed by atoms with van der Waals surface area (Å²) in [4.78, 5) is 14.7. The highest BCUT2D eigenvalue weighted by atomic mass is 32.1. The molecule has 1 aliphatic heterocycles. The van der Waals surface area contributed by atoms with Gasteiger partial charge in [0.2, 0.25) is 0 Å². The van der Waals surface area contributed by atoms with Crippen molar-refractivity contribution >= 4 is 38.7 Å². The molecule has 1 aliphatic rings. The molecule has 4 rings (SSSR count). The molecule has 0 atom stereocenters. The van der Waals surface area contributed by atoms with Gasteiger partial charge in [-0.3, -0.25) is 0 Å². The second-order valence-electron chi connectivity index (χ2n) is 6.41. The van der Waals surface area contributed by atoms with Gasteiger partial charge in [-0.15, -0.1) is 11.3 Å². The van der Waals surface area contributed by atoms with Crippen LogP contribution in [-0.2, 0) is 0 Å². The molecule has 25 heavy (non-hydrogen) atoms. The van der Waals surface area contributed by atoms with E-state index in [0.29, 0.717) is 0 Å². The fourth-order valence-electron chi connectivity index (χ4n) is 3.42. The topological polar surface area (TPSA) is 44.3 Å². The van der Waals surface area contributed by atoms with Crippen molar-refractivity contribution in [2.24, 2.45) is 0 Å². The number of nitrogens with zero attached hydrogens (tertiary/aromatic N) is 4. The highest BCUT2D eigenvalue weighted by Crippen LogP contribution is 2.29. The van der Waals surface area contributed by atoms with Crippen LogP contribution >= 0.6 is 11.3 Å². The summed E-state index contributed by atoms with van der Waals surface area (Å²) in [6, 6.07) is 8.65. The Kier molecular flexibility index (Phi) is 4.55. The minimum atomic E-state index is 0.870. The average molecular weight is 353 g/mol. The summed E-state index contributed by atoms with van der Waals surface area (Å²) in [5, 5.41) is 6.57. The molecule has 0 radical (unpaired) electrons. The third-order valence-corrected chi connectivity index (χ3v) is 5.70. The average Bonchev–Trinajstić information content (AvgIpc) is 3.12. The Morgan fingerprint density at radius 1 is 1.12 bits per heavy atom. The maximum Gasteiger partial charge on any atom is 0.142 e. The largest absolute Gasteiger partial charge is 0.369 e. The van der Waals surface area contributed by atoms with E-state index in [9.17, 15) is 0 Å². The highest BCUT2D eigenvalue weighted by Gasteiger charge is 2.17. The Labute approximate surface area is 152 Å². The summed E-state index contributed by atoms with van der Waals surface area (Å²) in [5.74, 6) is 0.870. The lowest BCUT2D eigenvalue weighted by molar-refractivity contribution is 0.271. The quantitative estimate of drug-likeness (QED) is 0.771. The zero-order valence-corrected chi connectivity index (χ0v) is 15.5. The lowest BCUT2D eigenvalue weighted by Crippen LogP contribution is -2.46. The summed E-state index contributed by atoms with van der Waals surface area (Å²) in [6.45, 7) is 10.1. The van der Waals surface area contributed by atoms with Crippen molar-refractivity contribution in [3.8, 4) is 0 Å². The van der Waals surface area contributed by atoms with Crippen LogP contribution in [0.3, 0.4) is 0 Å². The van der Waals surface area contributed by atoms with E-state index in [-0.39, 0.29) is 0 Å². The van der Waals surface area contributed by atoms with Gasteiger partial charge in [-0.05, 0) is 48.7 Å². The Balaban J connectivity index is 1.53. The molecule has 1 aromatic carbocycles. The van der Waals surface area contributed by atoms with Gasteiger partial charge in [0.15, 0.2) is 0 Å². The Morgan fingerprint density at radius 2 is 1.96 bits per heavy atom. The van der Waals surface area contributed by atoms with Crippen LogP contribution < -0.4 is 10.2 Å². The lowest BCUT2D eigenvalue weighted by Gasteiger charge is -2.36. The molecule has 1 N–H and O–H groups in total. The molecule has 1 saturated heterocycles. The molecule has 0 aliphatic carbocycles. The van der Waals surface area contributed by atoms with Crippen LogP contribution in [0.5, 0.6) is 0 Å². The van der Waals surface area contributed by atoms with Crippen molar-refractivity contribution in [1.82, 2.24) is 14.9 Å². The molecular formula is C19H23N5S. The van der Waals surface area contributed by atoms with E-state index in [1.165, 1.54) is 11.3 Å². The predicted octanol–water partition coefficient (Wildman–Crippen LogP) is 3.89. The number of aromatic nitrogens is 2. The summed E-state index contributed by atoms with van der Waals surface area (Å²) in [5.41, 5.74) is 3.70. The van der Waals surface area contributed by atoms with E-state index in [0.717, 1.165) is 54.4 Å². The number of piperazine rings is 1. The number of hydrogen-bond acceptors (Lipinski definition) is 6. The number of benzene rings is 1. The monoisotopic (exact) mass is 353 g/mol. The molecule has 1 fully saturated rings. The Hall–Kier alpha value is -2.18. The van der Waals surface area contributed by atoms with E-state index in [1.54, 1.807) is 17.7 Å². The standard InChI is InChI=1S/C19H23N5S/c1-3-23-7-9-24(10-8-23)17-5-4-15(12-14(17)2)22-18-16-6-11-25-19(16)21-13-20-18/h4-6,11-13H,3,7-10H2,1-2H3,(H,20,21,22). The summed E-state index contributed by atoms with van der Waals surface area (Å²) in [6.07, 6.45) is 1.62. The SMILES string of the molecule is CCN1CCN(c2ccc(Nc3ncnc4sccc34)cc2C)CC1. The van der Waals surface area contributed by atoms with Gasteiger partial charge in [-0.25, -0.2) is 9.97 Å². The van der Waals surface area contributed by atoms with E-state index in [2.05, 4.69) is 68.6 Å². The van der Waals surface area contributed by atoms with Gasteiger partial charge in [0.1, 0.15) is 17.0 Å². The third-order valence-electron chi connectivity index (χ3n) is 4.88. The first-order chi connectivity index (χ1) is 12.2. The number of likely N-dealkylation sites (N-methyl/N-ethyl adjacent to an activating group) is 1. The van der Waals surface area contributed by atoms with Crippen LogP contribution in [0, 0.1) is 6.92 Å². The molecule has 3 heterocycles. The molecule has 130 valence electrons. The molecule has 0 unspecified atom stereocenters. The van der Waals surface area contributed by atoms with Crippen LogP contribution in [0.15, 0.2) is 36.0 Å². The van der Waals surface area contributed by atoms with Gasteiger partial charge in [0.25, 0.3) is 0 Å². The van der Waals surface area contributed by atoms with Gasteiger partial charge >= 0.3 is 0 Å². The number of nitrogens with one attached hydrogen (secondary N) is 1. The maximum atomic E-state index is 4.40. The molecule has 0 amide bonds. The predicted molar refractivity (Wildman–Crippen MR) is 106 cm³/mol. The molecule has 5 nitrogen and oxygen atoms in total. The van der Waals surface area contributed by atoms with E-state index in [4.69, 9.17) is 0 Å². The van der Waals surface area contributed by atoms with Crippen LogP contribution in [-0.4, -0.2) is 47.6 Å². The van der Waals surface area contributed by atoms with E-state index >= 15 is 0 Å². The first-order valence-electron chi connectivity index (χ1n) is 8.78. The maximum absolute atomic E-state index is 4.40. The van der Waals surface area contributed by atoms with Crippen molar-refractivity contribution in [2.75, 3.05) is 42.9 Å². The number of anilines is 3. The Morgan fingerprint density at radius 3 is 2.72 bits per heavy atom. The number of fused-ring (bicyclic) bond motifs is 1. The summed E-state index contributed by atoms with van der Waals surface area (Å²) >= 11 is 1.64. The molecule has 2 aromatic heterocycles. The van der Waals surface area contributed by atoms with Crippen LogP contribution in [0.25, 0.3) is 10.2 Å². The molecule has 0 spiro atoms. The minimum absolute atomic E-state index is 0.870. The zero-order valence-electron chi connectivity index (χ0n) is 14.7. The summed E-state index contributed by atoms with van der Waals surface area (Å²) in [7, 11) is 0. The molecular weight excluding hydrogens is 330 g/mol. The number of thiophene rings is 1. The zero-order chi connectivity index (χ0) is 17.2. The summed E-state index contributed by atoms with van der Waals surface area (Å²) < 4.78 is 0. The fraction of sp³-hybridized carbons (Fsp3) is 0.368. The molecule has 3 aromatic rings. The van der Waals surface area contributed by atoms with Gasteiger partial charge in [0, 0.05) is 37.6 Å². The number of rotatable bonds is 4. The fourth-order valence-corrected chi connectivity index (χ4v) is 4.15. The lowest BCUT2D eigenvalue weighted by atomic mass is 10.1. The minimum Gasteiger partial charge on any atom is -0.369 e. The second-order valence-corrected chi connectivity index (χ2v) is 7.30.